The molecular formula is C27H28BrNO6. The summed E-state index contributed by atoms with van der Waals surface area (Å²) in [6.07, 6.45) is 0.898. The van der Waals surface area contributed by atoms with Crippen LogP contribution in [0.2, 0.25) is 0 Å². The molecule has 35 heavy (non-hydrogen) atoms. The standard InChI is InChI=1S/C27H28BrNO6/c1-5-35-22-13-17(10-19(28)26(22)31)24-23(27(32)34-4)14(2)29-20-11-16(12-21(30)25(20)24)15-6-8-18(33-3)9-7-15/h6-10,13,16,23-24,29,31H,2,5,11-12H2,1,3-4H3. The van der Waals surface area contributed by atoms with Gasteiger partial charge in [-0.15, -0.1) is 0 Å². The lowest BCUT2D eigenvalue weighted by Gasteiger charge is -2.40. The average molecular weight is 542 g/mol. The van der Waals surface area contributed by atoms with E-state index in [0.717, 1.165) is 17.0 Å². The lowest BCUT2D eigenvalue weighted by atomic mass is 9.69. The number of nitrogens with one attached hydrogen (secondary N) is 1. The summed E-state index contributed by atoms with van der Waals surface area (Å²) in [5.74, 6) is -1.03. The van der Waals surface area contributed by atoms with Gasteiger partial charge in [-0.05, 0) is 70.6 Å². The zero-order valence-corrected chi connectivity index (χ0v) is 21.5. The molecule has 3 atom stereocenters. The summed E-state index contributed by atoms with van der Waals surface area (Å²) in [6.45, 7) is 6.27. The number of esters is 1. The number of carbonyl (C=O) groups excluding carboxylic acids is 2. The molecule has 0 amide bonds. The Balaban J connectivity index is 1.82. The van der Waals surface area contributed by atoms with Gasteiger partial charge in [0, 0.05) is 29.3 Å². The van der Waals surface area contributed by atoms with Crippen molar-refractivity contribution in [2.45, 2.75) is 31.6 Å². The van der Waals surface area contributed by atoms with Crippen LogP contribution in [0.4, 0.5) is 0 Å². The van der Waals surface area contributed by atoms with E-state index in [2.05, 4.69) is 27.8 Å². The van der Waals surface area contributed by atoms with Gasteiger partial charge >= 0.3 is 5.97 Å². The topological polar surface area (TPSA) is 94.1 Å². The molecule has 4 rings (SSSR count). The number of methoxy groups -OCH3 is 2. The highest BCUT2D eigenvalue weighted by molar-refractivity contribution is 9.10. The Kier molecular flexibility index (Phi) is 7.21. The van der Waals surface area contributed by atoms with Crippen LogP contribution in [0.5, 0.6) is 17.2 Å². The van der Waals surface area contributed by atoms with E-state index in [4.69, 9.17) is 14.2 Å². The van der Waals surface area contributed by atoms with Crippen molar-refractivity contribution in [2.75, 3.05) is 20.8 Å². The fraction of sp³-hybridized carbons (Fsp3) is 0.333. The molecule has 1 aliphatic heterocycles. The summed E-state index contributed by atoms with van der Waals surface area (Å²) in [5, 5.41) is 13.7. The third-order valence-corrected chi connectivity index (χ3v) is 7.20. The molecule has 3 unspecified atom stereocenters. The van der Waals surface area contributed by atoms with E-state index in [1.165, 1.54) is 7.11 Å². The molecule has 2 aromatic carbocycles. The molecule has 2 aromatic rings. The van der Waals surface area contributed by atoms with Crippen molar-refractivity contribution >= 4 is 27.7 Å². The fourth-order valence-electron chi connectivity index (χ4n) is 4.96. The van der Waals surface area contributed by atoms with Crippen molar-refractivity contribution in [1.82, 2.24) is 5.32 Å². The zero-order chi connectivity index (χ0) is 25.3. The lowest BCUT2D eigenvalue weighted by Crippen LogP contribution is -2.42. The van der Waals surface area contributed by atoms with Crippen molar-refractivity contribution in [3.63, 3.8) is 0 Å². The lowest BCUT2D eigenvalue weighted by molar-refractivity contribution is -0.144. The maximum atomic E-state index is 13.6. The second kappa shape index (κ2) is 10.2. The Morgan fingerprint density at radius 3 is 2.51 bits per heavy atom. The van der Waals surface area contributed by atoms with Crippen LogP contribution < -0.4 is 14.8 Å². The van der Waals surface area contributed by atoms with E-state index >= 15 is 0 Å². The first kappa shape index (κ1) is 24.9. The SMILES string of the molecule is C=C1NC2=C(C(=O)CC(c3ccc(OC)cc3)C2)C(c2cc(Br)c(O)c(OCC)c2)C1C(=O)OC. The number of aromatic hydroxyl groups is 1. The summed E-state index contributed by atoms with van der Waals surface area (Å²) >= 11 is 3.38. The van der Waals surface area contributed by atoms with Gasteiger partial charge in [0.1, 0.15) is 11.7 Å². The van der Waals surface area contributed by atoms with Gasteiger partial charge in [0.2, 0.25) is 0 Å². The van der Waals surface area contributed by atoms with Crippen molar-refractivity contribution in [3.8, 4) is 17.2 Å². The third-order valence-electron chi connectivity index (χ3n) is 6.59. The quantitative estimate of drug-likeness (QED) is 0.499. The number of halogens is 1. The van der Waals surface area contributed by atoms with Crippen LogP contribution in [-0.2, 0) is 14.3 Å². The highest BCUT2D eigenvalue weighted by Crippen LogP contribution is 2.49. The number of carbonyl (C=O) groups is 2. The first-order valence-corrected chi connectivity index (χ1v) is 12.2. The van der Waals surface area contributed by atoms with Crippen LogP contribution in [0, 0.1) is 5.92 Å². The predicted octanol–water partition coefficient (Wildman–Crippen LogP) is 4.95. The number of benzene rings is 2. The summed E-state index contributed by atoms with van der Waals surface area (Å²) in [7, 11) is 2.93. The van der Waals surface area contributed by atoms with Crippen LogP contribution >= 0.6 is 15.9 Å². The van der Waals surface area contributed by atoms with Crippen LogP contribution in [0.25, 0.3) is 0 Å². The summed E-state index contributed by atoms with van der Waals surface area (Å²) in [6, 6.07) is 11.1. The number of ketones is 1. The molecule has 2 aliphatic rings. The first-order chi connectivity index (χ1) is 16.8. The Bertz CT molecular complexity index is 1200. The molecule has 1 heterocycles. The van der Waals surface area contributed by atoms with Gasteiger partial charge in [0.05, 0.1) is 25.3 Å². The highest BCUT2D eigenvalue weighted by Gasteiger charge is 2.45. The number of Topliss-reactive ketones (excluding diaryl/α,β-unsaturated/α-hetero) is 1. The monoisotopic (exact) mass is 541 g/mol. The van der Waals surface area contributed by atoms with Crippen LogP contribution in [0.15, 0.2) is 64.4 Å². The maximum absolute atomic E-state index is 13.6. The number of phenols is 1. The molecule has 7 nitrogen and oxygen atoms in total. The van der Waals surface area contributed by atoms with Gasteiger partial charge < -0.3 is 24.6 Å². The number of phenolic OH excluding ortho intramolecular Hbond substituents is 1. The van der Waals surface area contributed by atoms with Crippen molar-refractivity contribution in [2.24, 2.45) is 5.92 Å². The molecule has 0 aromatic heterocycles. The average Bonchev–Trinajstić information content (AvgIpc) is 2.85. The summed E-state index contributed by atoms with van der Waals surface area (Å²) in [4.78, 5) is 26.5. The fourth-order valence-corrected chi connectivity index (χ4v) is 5.42. The molecule has 0 saturated heterocycles. The molecule has 2 N–H and O–H groups in total. The Morgan fingerprint density at radius 1 is 1.17 bits per heavy atom. The van der Waals surface area contributed by atoms with E-state index in [9.17, 15) is 14.7 Å². The summed E-state index contributed by atoms with van der Waals surface area (Å²) in [5.41, 5.74) is 3.44. The molecule has 8 heteroatoms. The predicted molar refractivity (Wildman–Crippen MR) is 135 cm³/mol. The second-order valence-electron chi connectivity index (χ2n) is 8.60. The number of hydrogen-bond acceptors (Lipinski definition) is 7. The smallest absolute Gasteiger partial charge is 0.315 e. The zero-order valence-electron chi connectivity index (χ0n) is 19.9. The number of allylic oxidation sites excluding steroid dienone is 2. The Hall–Kier alpha value is -3.26. The number of hydrogen-bond donors (Lipinski definition) is 2. The maximum Gasteiger partial charge on any atom is 0.315 e. The molecular weight excluding hydrogens is 514 g/mol. The van der Waals surface area contributed by atoms with Crippen LogP contribution in [0.3, 0.4) is 0 Å². The molecule has 184 valence electrons. The van der Waals surface area contributed by atoms with Crippen molar-refractivity contribution in [1.29, 1.82) is 0 Å². The normalized spacial score (nSPS) is 21.8. The van der Waals surface area contributed by atoms with E-state index < -0.39 is 17.8 Å². The van der Waals surface area contributed by atoms with E-state index in [1.807, 2.05) is 31.2 Å². The second-order valence-corrected chi connectivity index (χ2v) is 9.46. The van der Waals surface area contributed by atoms with Crippen molar-refractivity contribution in [3.05, 3.63) is 75.5 Å². The minimum atomic E-state index is -0.814. The largest absolute Gasteiger partial charge is 0.503 e. The molecule has 0 fully saturated rings. The highest BCUT2D eigenvalue weighted by atomic mass is 79.9. The van der Waals surface area contributed by atoms with Gasteiger partial charge in [-0.2, -0.15) is 0 Å². The van der Waals surface area contributed by atoms with Gasteiger partial charge in [-0.1, -0.05) is 18.7 Å². The molecule has 0 saturated carbocycles. The van der Waals surface area contributed by atoms with Crippen molar-refractivity contribution < 1.29 is 28.9 Å². The molecule has 0 spiro atoms. The van der Waals surface area contributed by atoms with E-state index in [1.54, 1.807) is 19.2 Å². The Labute approximate surface area is 212 Å². The van der Waals surface area contributed by atoms with E-state index in [-0.39, 0.29) is 23.2 Å². The van der Waals surface area contributed by atoms with E-state index in [0.29, 0.717) is 40.8 Å². The van der Waals surface area contributed by atoms with Gasteiger partial charge in [0.25, 0.3) is 0 Å². The van der Waals surface area contributed by atoms with Gasteiger partial charge in [0.15, 0.2) is 17.3 Å². The number of ether oxygens (including phenoxy) is 3. The van der Waals surface area contributed by atoms with Crippen LogP contribution in [0.1, 0.15) is 42.7 Å². The minimum Gasteiger partial charge on any atom is -0.503 e. The Morgan fingerprint density at radius 2 is 1.89 bits per heavy atom. The van der Waals surface area contributed by atoms with Gasteiger partial charge in [-0.25, -0.2) is 0 Å². The molecule has 0 bridgehead atoms. The summed E-state index contributed by atoms with van der Waals surface area (Å²) < 4.78 is 16.4. The number of rotatable bonds is 6. The van der Waals surface area contributed by atoms with Crippen LogP contribution in [-0.4, -0.2) is 37.7 Å². The third kappa shape index (κ3) is 4.67. The molecule has 0 radical (unpaired) electrons. The first-order valence-electron chi connectivity index (χ1n) is 11.4. The minimum absolute atomic E-state index is 0.0201. The molecule has 1 aliphatic carbocycles. The van der Waals surface area contributed by atoms with Gasteiger partial charge in [-0.3, -0.25) is 9.59 Å².